The van der Waals surface area contributed by atoms with Crippen LogP contribution in [0.2, 0.25) is 0 Å². The number of hydrogen-bond acceptors (Lipinski definition) is 2. The Morgan fingerprint density at radius 3 is 2.53 bits per heavy atom. The van der Waals surface area contributed by atoms with Crippen LogP contribution in [-0.4, -0.2) is 13.4 Å². The van der Waals surface area contributed by atoms with Gasteiger partial charge >= 0.3 is 0 Å². The molecule has 0 radical (unpaired) electrons. The predicted octanol–water partition coefficient (Wildman–Crippen LogP) is 4.94. The minimum Gasteiger partial charge on any atom is -0.496 e. The van der Waals surface area contributed by atoms with Crippen molar-refractivity contribution < 1.29 is 4.74 Å². The van der Waals surface area contributed by atoms with Crippen LogP contribution in [0.4, 0.5) is 0 Å². The normalized spacial score (nSPS) is 12.2. The monoisotopic (exact) mass is 292 g/mol. The van der Waals surface area contributed by atoms with Crippen LogP contribution in [0.25, 0.3) is 0 Å². The Morgan fingerprint density at radius 1 is 1.11 bits per heavy atom. The van der Waals surface area contributed by atoms with Crippen molar-refractivity contribution in [3.8, 4) is 5.75 Å². The maximum atomic E-state index is 6.58. The summed E-state index contributed by atoms with van der Waals surface area (Å²) in [7, 11) is 1.69. The van der Waals surface area contributed by atoms with Crippen LogP contribution >= 0.6 is 23.4 Å². The van der Waals surface area contributed by atoms with Crippen molar-refractivity contribution >= 4 is 23.4 Å². The number of halogens is 1. The van der Waals surface area contributed by atoms with Gasteiger partial charge in [-0.05, 0) is 35.9 Å². The highest BCUT2D eigenvalue weighted by molar-refractivity contribution is 7.98. The molecule has 2 rings (SSSR count). The summed E-state index contributed by atoms with van der Waals surface area (Å²) in [5.74, 6) is 0.898. The standard InChI is InChI=1S/C16H17ClOS/c1-18-15-9-5-3-7-12(15)11-14(17)13-8-4-6-10-16(13)19-2/h3-10,14H,11H2,1-2H3. The molecule has 0 bridgehead atoms. The summed E-state index contributed by atoms with van der Waals surface area (Å²) in [5, 5.41) is -0.0417. The summed E-state index contributed by atoms with van der Waals surface area (Å²) >= 11 is 8.31. The lowest BCUT2D eigenvalue weighted by molar-refractivity contribution is 0.409. The molecule has 0 aliphatic rings. The van der Waals surface area contributed by atoms with Crippen LogP contribution < -0.4 is 4.74 Å². The van der Waals surface area contributed by atoms with E-state index in [2.05, 4.69) is 24.5 Å². The zero-order chi connectivity index (χ0) is 13.7. The molecule has 2 aromatic carbocycles. The molecule has 0 fully saturated rings. The Hall–Kier alpha value is -1.12. The average molecular weight is 293 g/mol. The summed E-state index contributed by atoms with van der Waals surface area (Å²) in [6, 6.07) is 16.3. The molecule has 1 nitrogen and oxygen atoms in total. The summed E-state index contributed by atoms with van der Waals surface area (Å²) in [5.41, 5.74) is 2.32. The molecule has 0 spiro atoms. The second-order valence-electron chi connectivity index (χ2n) is 4.23. The molecule has 19 heavy (non-hydrogen) atoms. The van der Waals surface area contributed by atoms with Gasteiger partial charge in [-0.1, -0.05) is 36.4 Å². The van der Waals surface area contributed by atoms with Gasteiger partial charge in [-0.2, -0.15) is 0 Å². The Morgan fingerprint density at radius 2 is 1.79 bits per heavy atom. The summed E-state index contributed by atoms with van der Waals surface area (Å²) < 4.78 is 5.37. The fourth-order valence-electron chi connectivity index (χ4n) is 2.10. The second kappa shape index (κ2) is 6.88. The van der Waals surface area contributed by atoms with E-state index in [0.717, 1.165) is 17.7 Å². The van der Waals surface area contributed by atoms with Gasteiger partial charge in [-0.3, -0.25) is 0 Å². The van der Waals surface area contributed by atoms with Crippen LogP contribution in [0.1, 0.15) is 16.5 Å². The molecule has 0 aliphatic carbocycles. The fraction of sp³-hybridized carbons (Fsp3) is 0.250. The Kier molecular flexibility index (Phi) is 5.17. The first-order valence-corrected chi connectivity index (χ1v) is 7.81. The van der Waals surface area contributed by atoms with Crippen LogP contribution in [0, 0.1) is 0 Å². The molecule has 100 valence electrons. The highest BCUT2D eigenvalue weighted by Crippen LogP contribution is 2.34. The van der Waals surface area contributed by atoms with E-state index in [-0.39, 0.29) is 5.38 Å². The molecule has 0 N–H and O–H groups in total. The number of methoxy groups -OCH3 is 1. The number of rotatable bonds is 5. The molecular weight excluding hydrogens is 276 g/mol. The number of alkyl halides is 1. The van der Waals surface area contributed by atoms with E-state index in [1.807, 2.05) is 30.3 Å². The van der Waals surface area contributed by atoms with Crippen LogP contribution in [0.3, 0.4) is 0 Å². The molecule has 0 aliphatic heterocycles. The fourth-order valence-corrected chi connectivity index (χ4v) is 3.18. The van der Waals surface area contributed by atoms with Crippen LogP contribution in [0.5, 0.6) is 5.75 Å². The topological polar surface area (TPSA) is 9.23 Å². The number of para-hydroxylation sites is 1. The maximum absolute atomic E-state index is 6.58. The van der Waals surface area contributed by atoms with E-state index in [1.54, 1.807) is 18.9 Å². The van der Waals surface area contributed by atoms with Crippen molar-refractivity contribution in [1.29, 1.82) is 0 Å². The first kappa shape index (κ1) is 14.3. The second-order valence-corrected chi connectivity index (χ2v) is 5.60. The molecule has 2 aromatic rings. The van der Waals surface area contributed by atoms with Gasteiger partial charge in [-0.25, -0.2) is 0 Å². The van der Waals surface area contributed by atoms with E-state index >= 15 is 0 Å². The summed E-state index contributed by atoms with van der Waals surface area (Å²) in [6.07, 6.45) is 2.84. The molecule has 1 atom stereocenters. The minimum absolute atomic E-state index is 0.0417. The third-order valence-corrected chi connectivity index (χ3v) is 4.27. The zero-order valence-corrected chi connectivity index (χ0v) is 12.7. The smallest absolute Gasteiger partial charge is 0.122 e. The van der Waals surface area contributed by atoms with Crippen molar-refractivity contribution in [2.45, 2.75) is 16.7 Å². The van der Waals surface area contributed by atoms with Crippen molar-refractivity contribution in [2.75, 3.05) is 13.4 Å². The lowest BCUT2D eigenvalue weighted by atomic mass is 10.0. The zero-order valence-electron chi connectivity index (χ0n) is 11.1. The predicted molar refractivity (Wildman–Crippen MR) is 83.5 cm³/mol. The summed E-state index contributed by atoms with van der Waals surface area (Å²) in [6.45, 7) is 0. The first-order valence-electron chi connectivity index (χ1n) is 6.15. The third-order valence-electron chi connectivity index (χ3n) is 3.07. The quantitative estimate of drug-likeness (QED) is 0.570. The molecule has 3 heteroatoms. The van der Waals surface area contributed by atoms with Crippen molar-refractivity contribution in [1.82, 2.24) is 0 Å². The van der Waals surface area contributed by atoms with Gasteiger partial charge in [0.05, 0.1) is 12.5 Å². The van der Waals surface area contributed by atoms with Gasteiger partial charge in [0.2, 0.25) is 0 Å². The number of thioether (sulfide) groups is 1. The van der Waals surface area contributed by atoms with Gasteiger partial charge in [0.15, 0.2) is 0 Å². The lowest BCUT2D eigenvalue weighted by Crippen LogP contribution is -2.00. The number of ether oxygens (including phenoxy) is 1. The van der Waals surface area contributed by atoms with E-state index in [0.29, 0.717) is 0 Å². The number of hydrogen-bond donors (Lipinski definition) is 0. The van der Waals surface area contributed by atoms with Gasteiger partial charge in [-0.15, -0.1) is 23.4 Å². The molecule has 0 saturated carbocycles. The Bertz CT molecular complexity index is 542. The Labute approximate surface area is 123 Å². The third kappa shape index (κ3) is 3.46. The van der Waals surface area contributed by atoms with Crippen molar-refractivity contribution in [2.24, 2.45) is 0 Å². The molecule has 0 amide bonds. The van der Waals surface area contributed by atoms with Crippen molar-refractivity contribution in [3.05, 3.63) is 59.7 Å². The highest BCUT2D eigenvalue weighted by atomic mass is 35.5. The van der Waals surface area contributed by atoms with E-state index in [1.165, 1.54) is 10.5 Å². The van der Waals surface area contributed by atoms with E-state index in [4.69, 9.17) is 16.3 Å². The Balaban J connectivity index is 2.23. The largest absolute Gasteiger partial charge is 0.496 e. The minimum atomic E-state index is -0.0417. The summed E-state index contributed by atoms with van der Waals surface area (Å²) in [4.78, 5) is 1.23. The first-order chi connectivity index (χ1) is 9.26. The molecule has 0 saturated heterocycles. The van der Waals surface area contributed by atoms with E-state index < -0.39 is 0 Å². The maximum Gasteiger partial charge on any atom is 0.122 e. The van der Waals surface area contributed by atoms with Crippen LogP contribution in [-0.2, 0) is 6.42 Å². The number of benzene rings is 2. The van der Waals surface area contributed by atoms with Gasteiger partial charge < -0.3 is 4.74 Å². The van der Waals surface area contributed by atoms with Gasteiger partial charge in [0, 0.05) is 4.90 Å². The molecular formula is C16H17ClOS. The molecule has 0 aromatic heterocycles. The molecule has 1 unspecified atom stereocenters. The van der Waals surface area contributed by atoms with E-state index in [9.17, 15) is 0 Å². The average Bonchev–Trinajstić information content (AvgIpc) is 2.47. The van der Waals surface area contributed by atoms with Gasteiger partial charge in [0.25, 0.3) is 0 Å². The van der Waals surface area contributed by atoms with Gasteiger partial charge in [0.1, 0.15) is 5.75 Å². The highest BCUT2D eigenvalue weighted by Gasteiger charge is 2.14. The van der Waals surface area contributed by atoms with Crippen LogP contribution in [0.15, 0.2) is 53.4 Å². The van der Waals surface area contributed by atoms with Crippen molar-refractivity contribution in [3.63, 3.8) is 0 Å². The lowest BCUT2D eigenvalue weighted by Gasteiger charge is -2.15. The molecule has 0 heterocycles. The SMILES string of the molecule is COc1ccccc1CC(Cl)c1ccccc1SC.